The normalized spacial score (nSPS) is 10.3. The van der Waals surface area contributed by atoms with Crippen LogP contribution in [0.2, 0.25) is 0 Å². The highest BCUT2D eigenvalue weighted by molar-refractivity contribution is 5.59. The maximum atomic E-state index is 5.33. The summed E-state index contributed by atoms with van der Waals surface area (Å²) < 4.78 is 12.5. The van der Waals surface area contributed by atoms with Gasteiger partial charge in [-0.05, 0) is 25.1 Å². The van der Waals surface area contributed by atoms with E-state index < -0.39 is 0 Å². The molecule has 0 bridgehead atoms. The summed E-state index contributed by atoms with van der Waals surface area (Å²) in [5, 5.41) is 7.59. The second-order valence-corrected chi connectivity index (χ2v) is 4.06. The van der Waals surface area contributed by atoms with Crippen LogP contribution in [-0.2, 0) is 13.1 Å². The van der Waals surface area contributed by atoms with Crippen molar-refractivity contribution in [3.63, 3.8) is 0 Å². The van der Waals surface area contributed by atoms with E-state index in [-0.39, 0.29) is 0 Å². The fourth-order valence-corrected chi connectivity index (χ4v) is 1.93. The average molecular weight is 261 g/mol. The molecule has 0 spiro atoms. The lowest BCUT2D eigenvalue weighted by molar-refractivity contribution is 0.404. The summed E-state index contributed by atoms with van der Waals surface area (Å²) in [4.78, 5) is 0. The standard InChI is InChI=1S/C14H19N3O2/c1-4-17-11(7-8-16-17)10-15-13-9-12(18-2)5-6-14(13)19-3/h5-9,15H,4,10H2,1-3H3. The highest BCUT2D eigenvalue weighted by atomic mass is 16.5. The van der Waals surface area contributed by atoms with E-state index in [9.17, 15) is 0 Å². The number of aromatic nitrogens is 2. The second kappa shape index (κ2) is 6.13. The molecule has 19 heavy (non-hydrogen) atoms. The Kier molecular flexibility index (Phi) is 4.28. The van der Waals surface area contributed by atoms with E-state index in [1.54, 1.807) is 14.2 Å². The molecule has 1 aromatic heterocycles. The molecule has 2 rings (SSSR count). The maximum Gasteiger partial charge on any atom is 0.142 e. The smallest absolute Gasteiger partial charge is 0.142 e. The summed E-state index contributed by atoms with van der Waals surface area (Å²) in [5.41, 5.74) is 2.04. The van der Waals surface area contributed by atoms with Crippen molar-refractivity contribution < 1.29 is 9.47 Å². The third-order valence-electron chi connectivity index (χ3n) is 2.97. The number of hydrogen-bond donors (Lipinski definition) is 1. The summed E-state index contributed by atoms with van der Waals surface area (Å²) in [6.45, 7) is 3.62. The van der Waals surface area contributed by atoms with Crippen molar-refractivity contribution in [2.24, 2.45) is 0 Å². The molecule has 102 valence electrons. The third kappa shape index (κ3) is 2.99. The van der Waals surface area contributed by atoms with Crippen LogP contribution in [0, 0.1) is 0 Å². The maximum absolute atomic E-state index is 5.33. The van der Waals surface area contributed by atoms with Crippen LogP contribution in [0.5, 0.6) is 11.5 Å². The van der Waals surface area contributed by atoms with Gasteiger partial charge in [-0.15, -0.1) is 0 Å². The summed E-state index contributed by atoms with van der Waals surface area (Å²) in [6.07, 6.45) is 1.81. The minimum atomic E-state index is 0.692. The molecule has 0 fully saturated rings. The van der Waals surface area contributed by atoms with Crippen molar-refractivity contribution in [1.82, 2.24) is 9.78 Å². The summed E-state index contributed by atoms with van der Waals surface area (Å²) in [5.74, 6) is 1.59. The molecule has 5 nitrogen and oxygen atoms in total. The number of ether oxygens (including phenoxy) is 2. The zero-order valence-corrected chi connectivity index (χ0v) is 11.5. The monoisotopic (exact) mass is 261 g/mol. The number of rotatable bonds is 6. The second-order valence-electron chi connectivity index (χ2n) is 4.06. The van der Waals surface area contributed by atoms with Crippen LogP contribution >= 0.6 is 0 Å². The molecule has 1 heterocycles. The number of hydrogen-bond acceptors (Lipinski definition) is 4. The Bertz CT molecular complexity index is 537. The molecule has 0 aliphatic rings. The molecule has 0 saturated heterocycles. The van der Waals surface area contributed by atoms with Crippen LogP contribution in [-0.4, -0.2) is 24.0 Å². The van der Waals surface area contributed by atoms with E-state index in [0.717, 1.165) is 29.4 Å². The molecule has 0 unspecified atom stereocenters. The third-order valence-corrected chi connectivity index (χ3v) is 2.97. The first kappa shape index (κ1) is 13.3. The van der Waals surface area contributed by atoms with E-state index >= 15 is 0 Å². The van der Waals surface area contributed by atoms with Crippen LogP contribution in [0.3, 0.4) is 0 Å². The van der Waals surface area contributed by atoms with Crippen LogP contribution in [0.25, 0.3) is 0 Å². The zero-order chi connectivity index (χ0) is 13.7. The summed E-state index contributed by atoms with van der Waals surface area (Å²) in [7, 11) is 3.31. The molecule has 0 atom stereocenters. The van der Waals surface area contributed by atoms with E-state index in [4.69, 9.17) is 9.47 Å². The largest absolute Gasteiger partial charge is 0.497 e. The predicted octanol–water partition coefficient (Wildman–Crippen LogP) is 2.53. The fourth-order valence-electron chi connectivity index (χ4n) is 1.93. The van der Waals surface area contributed by atoms with E-state index in [1.165, 1.54) is 0 Å². The van der Waals surface area contributed by atoms with Gasteiger partial charge in [0.1, 0.15) is 11.5 Å². The predicted molar refractivity (Wildman–Crippen MR) is 74.8 cm³/mol. The van der Waals surface area contributed by atoms with Gasteiger partial charge in [0, 0.05) is 18.8 Å². The molecule has 5 heteroatoms. The first-order chi connectivity index (χ1) is 9.28. The number of anilines is 1. The number of methoxy groups -OCH3 is 2. The van der Waals surface area contributed by atoms with Crippen molar-refractivity contribution >= 4 is 5.69 Å². The van der Waals surface area contributed by atoms with E-state index in [1.807, 2.05) is 35.1 Å². The summed E-state index contributed by atoms with van der Waals surface area (Å²) >= 11 is 0. The van der Waals surface area contributed by atoms with Crippen molar-refractivity contribution in [3.05, 3.63) is 36.2 Å². The molecule has 0 aliphatic heterocycles. The number of nitrogens with zero attached hydrogens (tertiary/aromatic N) is 2. The van der Waals surface area contributed by atoms with Crippen molar-refractivity contribution in [3.8, 4) is 11.5 Å². The van der Waals surface area contributed by atoms with Gasteiger partial charge in [0.15, 0.2) is 0 Å². The first-order valence-corrected chi connectivity index (χ1v) is 6.25. The van der Waals surface area contributed by atoms with Gasteiger partial charge in [0.25, 0.3) is 0 Å². The van der Waals surface area contributed by atoms with E-state index in [0.29, 0.717) is 6.54 Å². The zero-order valence-electron chi connectivity index (χ0n) is 11.5. The van der Waals surface area contributed by atoms with Gasteiger partial charge in [-0.3, -0.25) is 4.68 Å². The average Bonchev–Trinajstić information content (AvgIpc) is 2.92. The van der Waals surface area contributed by atoms with Crippen LogP contribution in [0.4, 0.5) is 5.69 Å². The quantitative estimate of drug-likeness (QED) is 0.868. The van der Waals surface area contributed by atoms with Crippen molar-refractivity contribution in [2.75, 3.05) is 19.5 Å². The van der Waals surface area contributed by atoms with Gasteiger partial charge < -0.3 is 14.8 Å². The first-order valence-electron chi connectivity index (χ1n) is 6.25. The SMILES string of the molecule is CCn1nccc1CNc1cc(OC)ccc1OC. The molecule has 0 aliphatic carbocycles. The lowest BCUT2D eigenvalue weighted by Crippen LogP contribution is -2.08. The molecular formula is C14H19N3O2. The molecule has 2 aromatic rings. The highest BCUT2D eigenvalue weighted by Gasteiger charge is 2.06. The van der Waals surface area contributed by atoms with Gasteiger partial charge in [-0.1, -0.05) is 0 Å². The Balaban J connectivity index is 2.14. The highest BCUT2D eigenvalue weighted by Crippen LogP contribution is 2.29. The molecule has 0 amide bonds. The number of benzene rings is 1. The number of aryl methyl sites for hydroxylation is 1. The molecular weight excluding hydrogens is 242 g/mol. The molecule has 1 N–H and O–H groups in total. The number of nitrogens with one attached hydrogen (secondary N) is 1. The Morgan fingerprint density at radius 3 is 2.74 bits per heavy atom. The van der Waals surface area contributed by atoms with Crippen LogP contribution in [0.1, 0.15) is 12.6 Å². The van der Waals surface area contributed by atoms with Crippen molar-refractivity contribution in [2.45, 2.75) is 20.0 Å². The lowest BCUT2D eigenvalue weighted by Gasteiger charge is -2.13. The van der Waals surface area contributed by atoms with Gasteiger partial charge in [0.05, 0.1) is 32.1 Å². The van der Waals surface area contributed by atoms with Crippen LogP contribution in [0.15, 0.2) is 30.5 Å². The van der Waals surface area contributed by atoms with Gasteiger partial charge in [-0.2, -0.15) is 5.10 Å². The molecule has 0 saturated carbocycles. The minimum absolute atomic E-state index is 0.692. The topological polar surface area (TPSA) is 48.3 Å². The Morgan fingerprint density at radius 2 is 2.05 bits per heavy atom. The minimum Gasteiger partial charge on any atom is -0.497 e. The van der Waals surface area contributed by atoms with Crippen molar-refractivity contribution in [1.29, 1.82) is 0 Å². The van der Waals surface area contributed by atoms with Gasteiger partial charge >= 0.3 is 0 Å². The Labute approximate surface area is 113 Å². The lowest BCUT2D eigenvalue weighted by atomic mass is 10.2. The summed E-state index contributed by atoms with van der Waals surface area (Å²) in [6, 6.07) is 7.69. The molecule has 0 radical (unpaired) electrons. The van der Waals surface area contributed by atoms with Gasteiger partial charge in [0.2, 0.25) is 0 Å². The van der Waals surface area contributed by atoms with Crippen LogP contribution < -0.4 is 14.8 Å². The van der Waals surface area contributed by atoms with Gasteiger partial charge in [-0.25, -0.2) is 0 Å². The van der Waals surface area contributed by atoms with E-state index in [2.05, 4.69) is 17.3 Å². The Hall–Kier alpha value is -2.17. The fraction of sp³-hybridized carbons (Fsp3) is 0.357. The Morgan fingerprint density at radius 1 is 1.21 bits per heavy atom. The molecule has 1 aromatic carbocycles.